The summed E-state index contributed by atoms with van der Waals surface area (Å²) < 4.78 is 5.30. The van der Waals surface area contributed by atoms with Gasteiger partial charge in [0.05, 0.1) is 11.7 Å². The number of carboxylic acids is 1. The Kier molecular flexibility index (Phi) is 5.36. The van der Waals surface area contributed by atoms with E-state index in [1.54, 1.807) is 19.2 Å². The number of benzene rings is 1. The van der Waals surface area contributed by atoms with Gasteiger partial charge in [0.15, 0.2) is 0 Å². The molecular formula is C23H28N2O4S. The molecule has 160 valence electrons. The lowest BCUT2D eigenvalue weighted by Gasteiger charge is -2.40. The van der Waals surface area contributed by atoms with E-state index in [1.807, 2.05) is 12.1 Å². The second-order valence-electron chi connectivity index (χ2n) is 9.16. The van der Waals surface area contributed by atoms with Crippen LogP contribution in [0.3, 0.4) is 0 Å². The first-order valence-electron chi connectivity index (χ1n) is 10.3. The minimum Gasteiger partial charge on any atom is -0.478 e. The van der Waals surface area contributed by atoms with Gasteiger partial charge < -0.3 is 20.1 Å². The van der Waals surface area contributed by atoms with Crippen molar-refractivity contribution in [2.75, 3.05) is 30.4 Å². The van der Waals surface area contributed by atoms with E-state index in [0.29, 0.717) is 10.6 Å². The molecule has 0 radical (unpaired) electrons. The number of carbonyl (C=O) groups is 2. The molecule has 1 amide bonds. The Morgan fingerprint density at radius 2 is 1.90 bits per heavy atom. The normalized spacial score (nSPS) is 20.4. The van der Waals surface area contributed by atoms with E-state index in [4.69, 9.17) is 4.74 Å². The molecule has 1 aromatic heterocycles. The summed E-state index contributed by atoms with van der Waals surface area (Å²) in [5, 5.41) is 13.2. The summed E-state index contributed by atoms with van der Waals surface area (Å²) in [4.78, 5) is 28.1. The summed E-state index contributed by atoms with van der Waals surface area (Å²) in [6.45, 7) is 8.19. The summed E-state index contributed by atoms with van der Waals surface area (Å²) in [7, 11) is 1.71. The van der Waals surface area contributed by atoms with Crippen LogP contribution < -0.4 is 10.2 Å². The zero-order valence-corrected chi connectivity index (χ0v) is 18.6. The lowest BCUT2D eigenvalue weighted by atomic mass is 9.72. The number of carboxylic acid groups (broad SMARTS) is 1. The molecule has 0 saturated carbocycles. The molecule has 2 aromatic rings. The molecule has 7 heteroatoms. The maximum Gasteiger partial charge on any atom is 0.339 e. The van der Waals surface area contributed by atoms with E-state index in [-0.39, 0.29) is 28.9 Å². The number of aromatic carboxylic acids is 1. The molecule has 0 spiro atoms. The Hall–Kier alpha value is -2.38. The molecule has 4 rings (SSSR count). The van der Waals surface area contributed by atoms with Crippen LogP contribution in [0.25, 0.3) is 0 Å². The van der Waals surface area contributed by atoms with Crippen LogP contribution in [0.2, 0.25) is 0 Å². The topological polar surface area (TPSA) is 78.9 Å². The van der Waals surface area contributed by atoms with Crippen LogP contribution in [0, 0.1) is 5.41 Å². The summed E-state index contributed by atoms with van der Waals surface area (Å²) in [6.07, 6.45) is 2.03. The number of methoxy groups -OCH3 is 1. The maximum absolute atomic E-state index is 12.8. The van der Waals surface area contributed by atoms with Crippen LogP contribution in [0.4, 0.5) is 10.7 Å². The monoisotopic (exact) mass is 428 g/mol. The first-order valence-corrected chi connectivity index (χ1v) is 11.1. The third kappa shape index (κ3) is 3.84. The number of ether oxygens (including phenoxy) is 1. The van der Waals surface area contributed by atoms with Gasteiger partial charge in [-0.3, -0.25) is 4.79 Å². The van der Waals surface area contributed by atoms with Crippen molar-refractivity contribution in [3.8, 4) is 0 Å². The molecule has 30 heavy (non-hydrogen) atoms. The first-order chi connectivity index (χ1) is 14.2. The van der Waals surface area contributed by atoms with Crippen LogP contribution in [-0.2, 0) is 11.2 Å². The highest BCUT2D eigenvalue weighted by atomic mass is 32.1. The van der Waals surface area contributed by atoms with Gasteiger partial charge in [-0.05, 0) is 54.0 Å². The fraction of sp³-hybridized carbons (Fsp3) is 0.478. The molecule has 1 aromatic carbocycles. The van der Waals surface area contributed by atoms with Gasteiger partial charge in [0.25, 0.3) is 5.91 Å². The Morgan fingerprint density at radius 1 is 1.23 bits per heavy atom. The molecule has 1 aliphatic heterocycles. The predicted octanol–water partition coefficient (Wildman–Crippen LogP) is 4.61. The smallest absolute Gasteiger partial charge is 0.339 e. The van der Waals surface area contributed by atoms with Crippen molar-refractivity contribution in [3.63, 3.8) is 0 Å². The number of carbonyl (C=O) groups excluding carboxylic acids is 1. The zero-order chi connectivity index (χ0) is 21.6. The average molecular weight is 429 g/mol. The minimum absolute atomic E-state index is 0.128. The number of hydrogen-bond donors (Lipinski definition) is 2. The molecule has 6 nitrogen and oxygen atoms in total. The number of amides is 1. The van der Waals surface area contributed by atoms with E-state index in [9.17, 15) is 14.7 Å². The highest BCUT2D eigenvalue weighted by Crippen LogP contribution is 2.49. The van der Waals surface area contributed by atoms with Crippen molar-refractivity contribution in [1.29, 1.82) is 0 Å². The number of fused-ring (bicyclic) bond motifs is 1. The molecule has 1 aliphatic carbocycles. The standard InChI is InChI=1S/C23H28N2O4S/c1-13-9-23(2,3)10-17-18(13)19(22(27)28)21(30-17)24-20(26)14-5-7-15(8-6-14)25-11-16(12-25)29-4/h5-8,13,16H,9-12H2,1-4H3,(H,24,26)(H,27,28). The van der Waals surface area contributed by atoms with Crippen molar-refractivity contribution in [2.45, 2.75) is 45.6 Å². The number of nitrogens with one attached hydrogen (secondary N) is 1. The van der Waals surface area contributed by atoms with Gasteiger partial charge in [-0.15, -0.1) is 11.3 Å². The quantitative estimate of drug-likeness (QED) is 0.727. The highest BCUT2D eigenvalue weighted by molar-refractivity contribution is 7.17. The van der Waals surface area contributed by atoms with Gasteiger partial charge in [-0.2, -0.15) is 0 Å². The van der Waals surface area contributed by atoms with Gasteiger partial charge in [0, 0.05) is 36.3 Å². The molecule has 2 heterocycles. The predicted molar refractivity (Wildman–Crippen MR) is 119 cm³/mol. The molecule has 0 bridgehead atoms. The van der Waals surface area contributed by atoms with Crippen LogP contribution in [-0.4, -0.2) is 43.3 Å². The fourth-order valence-electron chi connectivity index (χ4n) is 4.68. The summed E-state index contributed by atoms with van der Waals surface area (Å²) >= 11 is 1.41. The van der Waals surface area contributed by atoms with E-state index in [1.165, 1.54) is 11.3 Å². The van der Waals surface area contributed by atoms with Crippen molar-refractivity contribution in [1.82, 2.24) is 0 Å². The molecule has 1 atom stereocenters. The number of rotatable bonds is 5. The SMILES string of the molecule is COC1CN(c2ccc(C(=O)Nc3sc4c(c3C(=O)O)C(C)CC(C)(C)C4)cc2)C1. The highest BCUT2D eigenvalue weighted by Gasteiger charge is 2.36. The average Bonchev–Trinajstić information content (AvgIpc) is 2.98. The summed E-state index contributed by atoms with van der Waals surface area (Å²) in [5.74, 6) is -1.10. The van der Waals surface area contributed by atoms with Crippen LogP contribution in [0.15, 0.2) is 24.3 Å². The van der Waals surface area contributed by atoms with Gasteiger partial charge in [-0.1, -0.05) is 20.8 Å². The second kappa shape index (κ2) is 7.71. The largest absolute Gasteiger partial charge is 0.478 e. The maximum atomic E-state index is 12.8. The van der Waals surface area contributed by atoms with E-state index in [2.05, 4.69) is 31.0 Å². The van der Waals surface area contributed by atoms with Crippen LogP contribution in [0.1, 0.15) is 64.3 Å². The van der Waals surface area contributed by atoms with Gasteiger partial charge in [0.1, 0.15) is 5.00 Å². The number of hydrogen-bond acceptors (Lipinski definition) is 5. The van der Waals surface area contributed by atoms with Crippen molar-refractivity contribution in [3.05, 3.63) is 45.8 Å². The summed E-state index contributed by atoms with van der Waals surface area (Å²) in [5.41, 5.74) is 2.84. The fourth-order valence-corrected chi connectivity index (χ4v) is 6.24. The third-order valence-corrected chi connectivity index (χ3v) is 7.25. The minimum atomic E-state index is -0.977. The molecular weight excluding hydrogens is 400 g/mol. The molecule has 2 aliphatic rings. The van der Waals surface area contributed by atoms with Crippen LogP contribution in [0.5, 0.6) is 0 Å². The van der Waals surface area contributed by atoms with Crippen molar-refractivity contribution < 1.29 is 19.4 Å². The van der Waals surface area contributed by atoms with Crippen molar-refractivity contribution in [2.24, 2.45) is 5.41 Å². The van der Waals surface area contributed by atoms with E-state index >= 15 is 0 Å². The Bertz CT molecular complexity index is 974. The van der Waals surface area contributed by atoms with Crippen LogP contribution >= 0.6 is 11.3 Å². The van der Waals surface area contributed by atoms with Gasteiger partial charge in [-0.25, -0.2) is 4.79 Å². The van der Waals surface area contributed by atoms with Gasteiger partial charge >= 0.3 is 5.97 Å². The molecule has 1 unspecified atom stereocenters. The summed E-state index contributed by atoms with van der Waals surface area (Å²) in [6, 6.07) is 7.40. The number of thiophene rings is 1. The number of anilines is 2. The first kappa shape index (κ1) is 20.9. The Morgan fingerprint density at radius 3 is 2.50 bits per heavy atom. The van der Waals surface area contributed by atoms with E-state index in [0.717, 1.165) is 42.1 Å². The third-order valence-electron chi connectivity index (χ3n) is 6.13. The number of nitrogens with zero attached hydrogens (tertiary/aromatic N) is 1. The van der Waals surface area contributed by atoms with Crippen molar-refractivity contribution >= 4 is 33.9 Å². The molecule has 2 N–H and O–H groups in total. The zero-order valence-electron chi connectivity index (χ0n) is 17.8. The lowest BCUT2D eigenvalue weighted by molar-refractivity contribution is 0.0695. The molecule has 1 saturated heterocycles. The molecule has 1 fully saturated rings. The Labute approximate surface area is 180 Å². The lowest BCUT2D eigenvalue weighted by Crippen LogP contribution is -2.51. The second-order valence-corrected chi connectivity index (χ2v) is 10.3. The van der Waals surface area contributed by atoms with Gasteiger partial charge in [0.2, 0.25) is 0 Å². The van der Waals surface area contributed by atoms with E-state index < -0.39 is 5.97 Å². The Balaban J connectivity index is 1.54.